The van der Waals surface area contributed by atoms with Gasteiger partial charge in [-0.1, -0.05) is 36.5 Å². The normalized spacial score (nSPS) is 21.4. The standard InChI is InChI=1S/C15H15N/c1-2-8-13(7-1)16(14-9-3-4-10-14)15-11-5-6-12-15/h1-7,9,11H,8,10,12H2. The minimum absolute atomic E-state index is 1.05. The Morgan fingerprint density at radius 2 is 1.00 bits per heavy atom. The molecule has 0 unspecified atom stereocenters. The van der Waals surface area contributed by atoms with Gasteiger partial charge in [0.25, 0.3) is 0 Å². The highest BCUT2D eigenvalue weighted by molar-refractivity contribution is 5.38. The van der Waals surface area contributed by atoms with Crippen molar-refractivity contribution in [3.63, 3.8) is 0 Å². The van der Waals surface area contributed by atoms with Gasteiger partial charge in [-0.2, -0.15) is 0 Å². The Morgan fingerprint density at radius 1 is 0.625 bits per heavy atom. The predicted octanol–water partition coefficient (Wildman–Crippen LogP) is 3.82. The van der Waals surface area contributed by atoms with Crippen LogP contribution in [-0.2, 0) is 0 Å². The third-order valence-corrected chi connectivity index (χ3v) is 3.12. The van der Waals surface area contributed by atoms with Gasteiger partial charge in [0.05, 0.1) is 0 Å². The van der Waals surface area contributed by atoms with E-state index in [1.807, 2.05) is 0 Å². The lowest BCUT2D eigenvalue weighted by atomic mass is 10.2. The van der Waals surface area contributed by atoms with E-state index in [4.69, 9.17) is 0 Å². The number of hydrogen-bond donors (Lipinski definition) is 0. The number of hydrogen-bond acceptors (Lipinski definition) is 1. The summed E-state index contributed by atoms with van der Waals surface area (Å²) in [4.78, 5) is 2.42. The molecule has 0 atom stereocenters. The highest BCUT2D eigenvalue weighted by atomic mass is 15.2. The SMILES string of the molecule is C1=CCC(N(C2=CC=CC2)C2=CC=CC2)=C1. The van der Waals surface area contributed by atoms with Gasteiger partial charge in [0.15, 0.2) is 0 Å². The fourth-order valence-corrected chi connectivity index (χ4v) is 2.36. The molecular weight excluding hydrogens is 194 g/mol. The second kappa shape index (κ2) is 4.01. The molecule has 3 rings (SSSR count). The van der Waals surface area contributed by atoms with Crippen molar-refractivity contribution < 1.29 is 0 Å². The van der Waals surface area contributed by atoms with E-state index in [0.717, 1.165) is 19.3 Å². The lowest BCUT2D eigenvalue weighted by Crippen LogP contribution is -2.19. The quantitative estimate of drug-likeness (QED) is 0.683. The first-order chi connectivity index (χ1) is 7.95. The molecule has 0 saturated carbocycles. The van der Waals surface area contributed by atoms with Crippen LogP contribution < -0.4 is 0 Å². The number of rotatable bonds is 3. The van der Waals surface area contributed by atoms with Crippen LogP contribution in [0.3, 0.4) is 0 Å². The molecule has 1 heteroatoms. The largest absolute Gasteiger partial charge is 0.321 e. The van der Waals surface area contributed by atoms with Gasteiger partial charge in [-0.25, -0.2) is 0 Å². The first-order valence-corrected chi connectivity index (χ1v) is 5.82. The van der Waals surface area contributed by atoms with Crippen LogP contribution in [0.25, 0.3) is 0 Å². The molecule has 0 bridgehead atoms. The highest BCUT2D eigenvalue weighted by Gasteiger charge is 2.20. The van der Waals surface area contributed by atoms with Gasteiger partial charge in [-0.05, 0) is 18.2 Å². The zero-order valence-electron chi connectivity index (χ0n) is 9.26. The maximum Gasteiger partial charge on any atom is 0.0264 e. The zero-order chi connectivity index (χ0) is 10.8. The fraction of sp³-hybridized carbons (Fsp3) is 0.200. The summed E-state index contributed by atoms with van der Waals surface area (Å²) in [6.07, 6.45) is 22.9. The Labute approximate surface area is 96.5 Å². The van der Waals surface area contributed by atoms with Gasteiger partial charge in [-0.3, -0.25) is 0 Å². The van der Waals surface area contributed by atoms with E-state index in [9.17, 15) is 0 Å². The average molecular weight is 209 g/mol. The molecule has 0 spiro atoms. The molecule has 0 N–H and O–H groups in total. The van der Waals surface area contributed by atoms with E-state index in [1.54, 1.807) is 0 Å². The molecule has 0 aromatic heterocycles. The van der Waals surface area contributed by atoms with Crippen molar-refractivity contribution in [2.75, 3.05) is 0 Å². The predicted molar refractivity (Wildman–Crippen MR) is 67.4 cm³/mol. The lowest BCUT2D eigenvalue weighted by molar-refractivity contribution is 0.503. The van der Waals surface area contributed by atoms with Gasteiger partial charge < -0.3 is 4.90 Å². The highest BCUT2D eigenvalue weighted by Crippen LogP contribution is 2.32. The average Bonchev–Trinajstić information content (AvgIpc) is 3.02. The van der Waals surface area contributed by atoms with E-state index in [-0.39, 0.29) is 0 Å². The van der Waals surface area contributed by atoms with E-state index in [2.05, 4.69) is 59.6 Å². The van der Waals surface area contributed by atoms with Gasteiger partial charge in [-0.15, -0.1) is 0 Å². The van der Waals surface area contributed by atoms with E-state index >= 15 is 0 Å². The Morgan fingerprint density at radius 3 is 1.25 bits per heavy atom. The first kappa shape index (κ1) is 9.46. The Balaban J connectivity index is 1.89. The number of allylic oxidation sites excluding steroid dienone is 9. The fourth-order valence-electron chi connectivity index (χ4n) is 2.36. The van der Waals surface area contributed by atoms with Crippen LogP contribution >= 0.6 is 0 Å². The van der Waals surface area contributed by atoms with Crippen LogP contribution in [0.4, 0.5) is 0 Å². The minimum atomic E-state index is 1.05. The maximum absolute atomic E-state index is 2.42. The van der Waals surface area contributed by atoms with Crippen molar-refractivity contribution >= 4 is 0 Å². The van der Waals surface area contributed by atoms with Crippen LogP contribution in [0.15, 0.2) is 71.8 Å². The van der Waals surface area contributed by atoms with Crippen LogP contribution in [0.2, 0.25) is 0 Å². The smallest absolute Gasteiger partial charge is 0.0264 e. The first-order valence-electron chi connectivity index (χ1n) is 5.82. The summed E-state index contributed by atoms with van der Waals surface area (Å²) in [5.74, 6) is 0. The van der Waals surface area contributed by atoms with Gasteiger partial charge >= 0.3 is 0 Å². The third kappa shape index (κ3) is 1.58. The van der Waals surface area contributed by atoms with Crippen LogP contribution in [0.1, 0.15) is 19.3 Å². The van der Waals surface area contributed by atoms with Gasteiger partial charge in [0.1, 0.15) is 0 Å². The van der Waals surface area contributed by atoms with Crippen molar-refractivity contribution in [1.29, 1.82) is 0 Å². The summed E-state index contributed by atoms with van der Waals surface area (Å²) in [6.45, 7) is 0. The zero-order valence-corrected chi connectivity index (χ0v) is 9.26. The van der Waals surface area contributed by atoms with Crippen molar-refractivity contribution in [1.82, 2.24) is 4.90 Å². The summed E-state index contributed by atoms with van der Waals surface area (Å²) in [6, 6.07) is 0. The molecule has 16 heavy (non-hydrogen) atoms. The Kier molecular flexibility index (Phi) is 2.37. The molecule has 0 heterocycles. The Hall–Kier alpha value is -1.76. The topological polar surface area (TPSA) is 3.24 Å². The minimum Gasteiger partial charge on any atom is -0.321 e. The molecule has 0 amide bonds. The van der Waals surface area contributed by atoms with Crippen molar-refractivity contribution in [2.24, 2.45) is 0 Å². The summed E-state index contributed by atoms with van der Waals surface area (Å²) in [7, 11) is 0. The van der Waals surface area contributed by atoms with E-state index < -0.39 is 0 Å². The summed E-state index contributed by atoms with van der Waals surface area (Å²) < 4.78 is 0. The Bertz CT molecular complexity index is 398. The molecule has 1 nitrogen and oxygen atoms in total. The lowest BCUT2D eigenvalue weighted by Gasteiger charge is -2.28. The molecule has 3 aliphatic carbocycles. The van der Waals surface area contributed by atoms with Crippen LogP contribution in [0, 0.1) is 0 Å². The molecule has 0 radical (unpaired) electrons. The van der Waals surface area contributed by atoms with Crippen molar-refractivity contribution in [3.8, 4) is 0 Å². The third-order valence-electron chi connectivity index (χ3n) is 3.12. The van der Waals surface area contributed by atoms with Crippen molar-refractivity contribution in [3.05, 3.63) is 71.8 Å². The summed E-state index contributed by atoms with van der Waals surface area (Å²) in [5.41, 5.74) is 4.18. The van der Waals surface area contributed by atoms with Gasteiger partial charge in [0.2, 0.25) is 0 Å². The number of nitrogens with zero attached hydrogens (tertiary/aromatic N) is 1. The molecular formula is C15H15N. The maximum atomic E-state index is 2.42. The second-order valence-electron chi connectivity index (χ2n) is 4.21. The van der Waals surface area contributed by atoms with Gasteiger partial charge in [0, 0.05) is 36.4 Å². The molecule has 0 aliphatic heterocycles. The van der Waals surface area contributed by atoms with Crippen molar-refractivity contribution in [2.45, 2.75) is 19.3 Å². The second-order valence-corrected chi connectivity index (χ2v) is 4.21. The van der Waals surface area contributed by atoms with E-state index in [1.165, 1.54) is 17.1 Å². The molecule has 80 valence electrons. The molecule has 0 aromatic carbocycles. The van der Waals surface area contributed by atoms with Crippen LogP contribution in [0.5, 0.6) is 0 Å². The molecule has 0 aromatic rings. The monoisotopic (exact) mass is 209 g/mol. The molecule has 0 fully saturated rings. The molecule has 0 saturated heterocycles. The molecule has 3 aliphatic rings. The summed E-state index contributed by atoms with van der Waals surface area (Å²) >= 11 is 0. The summed E-state index contributed by atoms with van der Waals surface area (Å²) in [5, 5.41) is 0. The van der Waals surface area contributed by atoms with Crippen LogP contribution in [-0.4, -0.2) is 4.90 Å². The van der Waals surface area contributed by atoms with E-state index in [0.29, 0.717) is 0 Å².